The Bertz CT molecular complexity index is 190. The Kier molecular flexibility index (Phi) is 5.60. The molecule has 1 N–H and O–H groups in total. The van der Waals surface area contributed by atoms with Gasteiger partial charge in [-0.15, -0.1) is 0 Å². The normalized spacial score (nSPS) is 21.7. The molecule has 0 bridgehead atoms. The maximum absolute atomic E-state index is 11.3. The highest BCUT2D eigenvalue weighted by Crippen LogP contribution is 1.98. The number of nitrogens with one attached hydrogen (secondary N) is 1. The summed E-state index contributed by atoms with van der Waals surface area (Å²) in [6.07, 6.45) is 0.0479. The molecule has 0 saturated carbocycles. The summed E-state index contributed by atoms with van der Waals surface area (Å²) in [7, 11) is 0. The molecule has 1 amide bonds. The molecule has 1 aliphatic heterocycles. The zero-order valence-electron chi connectivity index (χ0n) is 9.32. The molecule has 1 rings (SSSR count). The van der Waals surface area contributed by atoms with E-state index < -0.39 is 0 Å². The summed E-state index contributed by atoms with van der Waals surface area (Å²) in [5.41, 5.74) is 0. The van der Waals surface area contributed by atoms with Gasteiger partial charge in [-0.05, 0) is 13.8 Å². The summed E-state index contributed by atoms with van der Waals surface area (Å²) in [5, 5.41) is 2.74. The minimum atomic E-state index is -0.113. The van der Waals surface area contributed by atoms with Crippen LogP contribution in [0.3, 0.4) is 0 Å². The van der Waals surface area contributed by atoms with E-state index in [0.29, 0.717) is 26.4 Å². The van der Waals surface area contributed by atoms with Crippen molar-refractivity contribution in [3.8, 4) is 0 Å². The minimum absolute atomic E-state index is 0.0262. The minimum Gasteiger partial charge on any atom is -0.376 e. The molecular formula is C10H19NO4. The Morgan fingerprint density at radius 3 is 2.93 bits per heavy atom. The molecule has 1 heterocycles. The molecule has 88 valence electrons. The van der Waals surface area contributed by atoms with Gasteiger partial charge in [-0.2, -0.15) is 0 Å². The highest BCUT2D eigenvalue weighted by atomic mass is 16.6. The van der Waals surface area contributed by atoms with E-state index in [2.05, 4.69) is 5.32 Å². The monoisotopic (exact) mass is 217 g/mol. The predicted molar refractivity (Wildman–Crippen MR) is 54.7 cm³/mol. The third kappa shape index (κ3) is 5.71. The molecule has 0 spiro atoms. The molecule has 0 aromatic carbocycles. The standard InChI is InChI=1S/C10H19NO4/c1-8(2)15-7-10(12)11-5-9-6-13-3-4-14-9/h8-9H,3-7H2,1-2H3,(H,11,12). The second-order valence-corrected chi connectivity index (χ2v) is 3.73. The van der Waals surface area contributed by atoms with Gasteiger partial charge in [0, 0.05) is 6.54 Å². The van der Waals surface area contributed by atoms with Crippen LogP contribution in [0.4, 0.5) is 0 Å². The summed E-state index contributed by atoms with van der Waals surface area (Å²) in [6.45, 7) is 6.16. The van der Waals surface area contributed by atoms with Gasteiger partial charge >= 0.3 is 0 Å². The van der Waals surface area contributed by atoms with Crippen molar-refractivity contribution in [2.75, 3.05) is 33.0 Å². The Labute approximate surface area is 90.1 Å². The molecule has 0 aromatic heterocycles. The maximum Gasteiger partial charge on any atom is 0.246 e. The van der Waals surface area contributed by atoms with Gasteiger partial charge < -0.3 is 19.5 Å². The molecule has 5 nitrogen and oxygen atoms in total. The molecule has 0 radical (unpaired) electrons. The lowest BCUT2D eigenvalue weighted by molar-refractivity contribution is -0.129. The van der Waals surface area contributed by atoms with Crippen LogP contribution < -0.4 is 5.32 Å². The second kappa shape index (κ2) is 6.76. The molecule has 1 aliphatic rings. The van der Waals surface area contributed by atoms with E-state index in [9.17, 15) is 4.79 Å². The number of amides is 1. The topological polar surface area (TPSA) is 56.8 Å². The van der Waals surface area contributed by atoms with Gasteiger partial charge in [-0.3, -0.25) is 4.79 Å². The number of hydrogen-bond donors (Lipinski definition) is 1. The van der Waals surface area contributed by atoms with Crippen LogP contribution in [0.5, 0.6) is 0 Å². The molecule has 1 saturated heterocycles. The fourth-order valence-corrected chi connectivity index (χ4v) is 1.18. The van der Waals surface area contributed by atoms with Crippen molar-refractivity contribution in [3.05, 3.63) is 0 Å². The maximum atomic E-state index is 11.3. The SMILES string of the molecule is CC(C)OCC(=O)NCC1COCCO1. The van der Waals surface area contributed by atoms with Crippen LogP contribution in [0.1, 0.15) is 13.8 Å². The Hall–Kier alpha value is -0.650. The number of carbonyl (C=O) groups is 1. The summed E-state index contributed by atoms with van der Waals surface area (Å²) in [5.74, 6) is -0.113. The van der Waals surface area contributed by atoms with Crippen molar-refractivity contribution >= 4 is 5.91 Å². The summed E-state index contributed by atoms with van der Waals surface area (Å²) in [6, 6.07) is 0. The molecule has 0 aromatic rings. The van der Waals surface area contributed by atoms with Gasteiger partial charge in [0.2, 0.25) is 5.91 Å². The van der Waals surface area contributed by atoms with Gasteiger partial charge in [0.15, 0.2) is 0 Å². The molecule has 1 atom stereocenters. The zero-order valence-corrected chi connectivity index (χ0v) is 9.32. The van der Waals surface area contributed by atoms with Crippen LogP contribution in [0.15, 0.2) is 0 Å². The molecular weight excluding hydrogens is 198 g/mol. The van der Waals surface area contributed by atoms with E-state index in [4.69, 9.17) is 14.2 Å². The van der Waals surface area contributed by atoms with Gasteiger partial charge in [-0.25, -0.2) is 0 Å². The smallest absolute Gasteiger partial charge is 0.246 e. The van der Waals surface area contributed by atoms with E-state index in [1.807, 2.05) is 13.8 Å². The zero-order chi connectivity index (χ0) is 11.1. The molecule has 1 unspecified atom stereocenters. The highest BCUT2D eigenvalue weighted by molar-refractivity contribution is 5.77. The Morgan fingerprint density at radius 2 is 2.33 bits per heavy atom. The molecule has 5 heteroatoms. The number of rotatable bonds is 5. The highest BCUT2D eigenvalue weighted by Gasteiger charge is 2.15. The quantitative estimate of drug-likeness (QED) is 0.701. The molecule has 0 aliphatic carbocycles. The van der Waals surface area contributed by atoms with Gasteiger partial charge in [0.25, 0.3) is 0 Å². The number of hydrogen-bond acceptors (Lipinski definition) is 4. The first kappa shape index (κ1) is 12.4. The first-order chi connectivity index (χ1) is 7.18. The summed E-state index contributed by atoms with van der Waals surface area (Å²) < 4.78 is 15.7. The van der Waals surface area contributed by atoms with Crippen molar-refractivity contribution in [1.29, 1.82) is 0 Å². The Morgan fingerprint density at radius 1 is 1.53 bits per heavy atom. The third-order valence-corrected chi connectivity index (χ3v) is 1.96. The van der Waals surface area contributed by atoms with Crippen LogP contribution in [0.25, 0.3) is 0 Å². The van der Waals surface area contributed by atoms with Gasteiger partial charge in [-0.1, -0.05) is 0 Å². The van der Waals surface area contributed by atoms with Crippen LogP contribution in [0, 0.1) is 0 Å². The molecule has 1 fully saturated rings. The van der Waals surface area contributed by atoms with E-state index in [-0.39, 0.29) is 24.7 Å². The van der Waals surface area contributed by atoms with E-state index in [1.165, 1.54) is 0 Å². The molecule has 15 heavy (non-hydrogen) atoms. The Balaban J connectivity index is 2.05. The number of ether oxygens (including phenoxy) is 3. The van der Waals surface area contributed by atoms with E-state index in [1.54, 1.807) is 0 Å². The van der Waals surface area contributed by atoms with E-state index >= 15 is 0 Å². The average Bonchev–Trinajstić information content (AvgIpc) is 2.25. The average molecular weight is 217 g/mol. The lowest BCUT2D eigenvalue weighted by Gasteiger charge is -2.23. The lowest BCUT2D eigenvalue weighted by atomic mass is 10.3. The van der Waals surface area contributed by atoms with Crippen LogP contribution in [-0.4, -0.2) is 51.1 Å². The second-order valence-electron chi connectivity index (χ2n) is 3.73. The van der Waals surface area contributed by atoms with Gasteiger partial charge in [0.05, 0.1) is 32.0 Å². The van der Waals surface area contributed by atoms with Crippen LogP contribution in [-0.2, 0) is 19.0 Å². The van der Waals surface area contributed by atoms with E-state index in [0.717, 1.165) is 0 Å². The lowest BCUT2D eigenvalue weighted by Crippen LogP contribution is -2.41. The van der Waals surface area contributed by atoms with Crippen molar-refractivity contribution in [3.63, 3.8) is 0 Å². The largest absolute Gasteiger partial charge is 0.376 e. The van der Waals surface area contributed by atoms with Crippen molar-refractivity contribution in [2.24, 2.45) is 0 Å². The number of carbonyl (C=O) groups excluding carboxylic acids is 1. The first-order valence-electron chi connectivity index (χ1n) is 5.26. The first-order valence-corrected chi connectivity index (χ1v) is 5.26. The van der Waals surface area contributed by atoms with Crippen molar-refractivity contribution in [2.45, 2.75) is 26.1 Å². The predicted octanol–water partition coefficient (Wildman–Crippen LogP) is -0.0570. The van der Waals surface area contributed by atoms with Crippen LogP contribution in [0.2, 0.25) is 0 Å². The fourth-order valence-electron chi connectivity index (χ4n) is 1.18. The summed E-state index contributed by atoms with van der Waals surface area (Å²) in [4.78, 5) is 11.3. The van der Waals surface area contributed by atoms with Crippen LogP contribution >= 0.6 is 0 Å². The third-order valence-electron chi connectivity index (χ3n) is 1.96. The van der Waals surface area contributed by atoms with Crippen molar-refractivity contribution < 1.29 is 19.0 Å². The summed E-state index contributed by atoms with van der Waals surface area (Å²) >= 11 is 0. The van der Waals surface area contributed by atoms with Crippen molar-refractivity contribution in [1.82, 2.24) is 5.32 Å². The van der Waals surface area contributed by atoms with Gasteiger partial charge in [0.1, 0.15) is 6.61 Å². The fraction of sp³-hybridized carbons (Fsp3) is 0.900.